The van der Waals surface area contributed by atoms with E-state index in [-0.39, 0.29) is 42.6 Å². The molecule has 0 aliphatic carbocycles. The molecule has 1 aromatic heterocycles. The zero-order valence-electron chi connectivity index (χ0n) is 25.4. The number of anilines is 3. The van der Waals surface area contributed by atoms with Crippen LogP contribution in [0.15, 0.2) is 47.0 Å². The van der Waals surface area contributed by atoms with Crippen molar-refractivity contribution in [1.29, 1.82) is 0 Å². The number of aryl methyl sites for hydroxylation is 2. The van der Waals surface area contributed by atoms with Crippen molar-refractivity contribution < 1.29 is 41.9 Å². The highest BCUT2D eigenvalue weighted by molar-refractivity contribution is 6.03. The topological polar surface area (TPSA) is 149 Å². The van der Waals surface area contributed by atoms with Crippen LogP contribution in [-0.4, -0.2) is 76.9 Å². The Kier molecular flexibility index (Phi) is 9.91. The highest BCUT2D eigenvalue weighted by atomic mass is 19.4. The first-order chi connectivity index (χ1) is 21.2. The number of amides is 5. The average Bonchev–Trinajstić information content (AvgIpc) is 3.30. The van der Waals surface area contributed by atoms with E-state index in [0.717, 1.165) is 12.1 Å². The van der Waals surface area contributed by atoms with Gasteiger partial charge in [0.2, 0.25) is 0 Å². The Morgan fingerprint density at radius 1 is 1.11 bits per heavy atom. The van der Waals surface area contributed by atoms with E-state index in [1.54, 1.807) is 26.8 Å². The van der Waals surface area contributed by atoms with Gasteiger partial charge in [-0.1, -0.05) is 12.1 Å². The van der Waals surface area contributed by atoms with Crippen molar-refractivity contribution in [1.82, 2.24) is 15.0 Å². The summed E-state index contributed by atoms with van der Waals surface area (Å²) in [5, 5.41) is 21.6. The van der Waals surface area contributed by atoms with Crippen LogP contribution in [0.25, 0.3) is 0 Å². The van der Waals surface area contributed by atoms with E-state index in [9.17, 15) is 32.7 Å². The van der Waals surface area contributed by atoms with Gasteiger partial charge >= 0.3 is 18.2 Å². The molecule has 4 N–H and O–H groups in total. The fourth-order valence-corrected chi connectivity index (χ4v) is 4.77. The Morgan fingerprint density at radius 2 is 1.78 bits per heavy atom. The molecule has 0 bridgehead atoms. The summed E-state index contributed by atoms with van der Waals surface area (Å²) in [5.41, 5.74) is 0.702. The molecule has 3 aromatic rings. The van der Waals surface area contributed by atoms with E-state index in [2.05, 4.69) is 21.1 Å². The second-order valence-electron chi connectivity index (χ2n) is 11.0. The summed E-state index contributed by atoms with van der Waals surface area (Å²) in [6.07, 6.45) is -5.13. The average molecular weight is 633 g/mol. The Hall–Kier alpha value is -4.79. The number of likely N-dealkylation sites (N-methyl/N-ethyl adjacent to an activating group) is 1. The fourth-order valence-electron chi connectivity index (χ4n) is 4.77. The second-order valence-corrected chi connectivity index (χ2v) is 11.0. The number of ether oxygens (including phenoxy) is 1. The summed E-state index contributed by atoms with van der Waals surface area (Å²) in [6.45, 7) is 6.82. The first-order valence-corrected chi connectivity index (χ1v) is 14.1. The molecule has 45 heavy (non-hydrogen) atoms. The molecule has 0 spiro atoms. The Morgan fingerprint density at radius 3 is 2.38 bits per heavy atom. The molecule has 1 aliphatic rings. The summed E-state index contributed by atoms with van der Waals surface area (Å²) in [6, 6.07) is 6.94. The number of nitrogens with zero attached hydrogens (tertiary/aromatic N) is 3. The number of fused-ring (bicyclic) bond motifs is 1. The number of urea groups is 2. The van der Waals surface area contributed by atoms with E-state index in [0.29, 0.717) is 22.8 Å². The van der Waals surface area contributed by atoms with Crippen molar-refractivity contribution in [2.24, 2.45) is 5.92 Å². The third kappa shape index (κ3) is 7.84. The van der Waals surface area contributed by atoms with Gasteiger partial charge in [-0.3, -0.25) is 4.79 Å². The number of hydrogen-bond donors (Lipinski definition) is 4. The lowest BCUT2D eigenvalue weighted by Gasteiger charge is -2.38. The predicted octanol–water partition coefficient (Wildman–Crippen LogP) is 5.34. The third-order valence-electron chi connectivity index (χ3n) is 7.46. The lowest BCUT2D eigenvalue weighted by molar-refractivity contribution is -0.137. The van der Waals surface area contributed by atoms with Gasteiger partial charge in [-0.2, -0.15) is 13.2 Å². The number of aliphatic hydroxyl groups excluding tert-OH is 1. The molecule has 0 fully saturated rings. The molecule has 1 aliphatic heterocycles. The number of halogens is 3. The van der Waals surface area contributed by atoms with Crippen molar-refractivity contribution in [3.63, 3.8) is 0 Å². The summed E-state index contributed by atoms with van der Waals surface area (Å²) in [5.74, 6) is -0.0905. The number of nitrogens with one attached hydrogen (secondary N) is 3. The minimum atomic E-state index is -4.50. The van der Waals surface area contributed by atoms with Crippen LogP contribution < -0.4 is 20.7 Å². The zero-order chi connectivity index (χ0) is 33.1. The standard InChI is InChI=1S/C30H35F3N6O6/c1-16-13-39(17(2)15-40)27(41)23-12-22(34-28(42)36-26-18(3)37-45-19(26)4)10-11-24(23)44-25(16)14-38(5)29(43)35-21-8-6-20(7-9-21)30(31,32)33/h6-12,16-17,25,40H,13-15H2,1-5H3,(H,35,43)(H2,34,36,42)/t16-,17-,25+/m1/s1. The number of benzene rings is 2. The number of carbonyl (C=O) groups excluding carboxylic acids is 3. The van der Waals surface area contributed by atoms with Crippen molar-refractivity contribution >= 4 is 35.0 Å². The van der Waals surface area contributed by atoms with Crippen LogP contribution in [-0.2, 0) is 6.18 Å². The van der Waals surface area contributed by atoms with Crippen LogP contribution in [0.4, 0.5) is 39.8 Å². The highest BCUT2D eigenvalue weighted by Gasteiger charge is 2.34. The van der Waals surface area contributed by atoms with Crippen LogP contribution in [0.2, 0.25) is 0 Å². The quantitative estimate of drug-likeness (QED) is 0.275. The largest absolute Gasteiger partial charge is 0.487 e. The van der Waals surface area contributed by atoms with E-state index in [1.165, 1.54) is 41.1 Å². The van der Waals surface area contributed by atoms with Crippen LogP contribution in [0.3, 0.4) is 0 Å². The van der Waals surface area contributed by atoms with Gasteiger partial charge in [-0.25, -0.2) is 9.59 Å². The smallest absolute Gasteiger partial charge is 0.416 e. The maximum absolute atomic E-state index is 13.7. The van der Waals surface area contributed by atoms with Crippen molar-refractivity contribution in [2.45, 2.75) is 46.0 Å². The van der Waals surface area contributed by atoms with E-state index in [4.69, 9.17) is 9.26 Å². The van der Waals surface area contributed by atoms with E-state index in [1.807, 2.05) is 6.92 Å². The summed E-state index contributed by atoms with van der Waals surface area (Å²) in [4.78, 5) is 42.2. The van der Waals surface area contributed by atoms with Gasteiger partial charge in [-0.15, -0.1) is 0 Å². The van der Waals surface area contributed by atoms with Crippen molar-refractivity contribution in [3.8, 4) is 5.75 Å². The lowest BCUT2D eigenvalue weighted by Crippen LogP contribution is -2.50. The molecule has 3 atom stereocenters. The van der Waals surface area contributed by atoms with Gasteiger partial charge in [0, 0.05) is 30.9 Å². The maximum atomic E-state index is 13.7. The molecule has 2 heterocycles. The molecular formula is C30H35F3N6O6. The summed E-state index contributed by atoms with van der Waals surface area (Å²) >= 11 is 0. The van der Waals surface area contributed by atoms with Crippen LogP contribution >= 0.6 is 0 Å². The number of aromatic nitrogens is 1. The maximum Gasteiger partial charge on any atom is 0.416 e. The lowest BCUT2D eigenvalue weighted by atomic mass is 9.99. The molecule has 15 heteroatoms. The molecule has 0 radical (unpaired) electrons. The molecule has 12 nitrogen and oxygen atoms in total. The Bertz CT molecular complexity index is 1520. The zero-order valence-corrected chi connectivity index (χ0v) is 25.4. The second kappa shape index (κ2) is 13.5. The molecule has 5 amide bonds. The third-order valence-corrected chi connectivity index (χ3v) is 7.46. The predicted molar refractivity (Wildman–Crippen MR) is 159 cm³/mol. The van der Waals surface area contributed by atoms with Crippen LogP contribution in [0.1, 0.15) is 41.2 Å². The van der Waals surface area contributed by atoms with Crippen molar-refractivity contribution in [3.05, 3.63) is 65.0 Å². The van der Waals surface area contributed by atoms with Crippen LogP contribution in [0.5, 0.6) is 5.75 Å². The van der Waals surface area contributed by atoms with Gasteiger partial charge < -0.3 is 40.1 Å². The van der Waals surface area contributed by atoms with Gasteiger partial charge in [0.15, 0.2) is 5.76 Å². The van der Waals surface area contributed by atoms with Gasteiger partial charge in [-0.05, 0) is 63.2 Å². The van der Waals surface area contributed by atoms with Crippen molar-refractivity contribution in [2.75, 3.05) is 42.7 Å². The first-order valence-electron chi connectivity index (χ1n) is 14.1. The van der Waals surface area contributed by atoms with E-state index < -0.39 is 41.9 Å². The molecular weight excluding hydrogens is 597 g/mol. The molecule has 242 valence electrons. The Labute approximate surface area is 257 Å². The SMILES string of the molecule is Cc1noc(C)c1NC(=O)Nc1ccc2c(c1)C(=O)N([C@H](C)CO)C[C@@H](C)[C@H](CN(C)C(=O)Nc1ccc(C(F)(F)F)cc1)O2. The number of carbonyl (C=O) groups is 3. The first kappa shape index (κ1) is 33.1. The molecule has 4 rings (SSSR count). The monoisotopic (exact) mass is 632 g/mol. The normalized spacial score (nSPS) is 17.4. The minimum Gasteiger partial charge on any atom is -0.487 e. The number of aliphatic hydroxyl groups is 1. The Balaban J connectivity index is 1.53. The fraction of sp³-hybridized carbons (Fsp3) is 0.400. The van der Waals surface area contributed by atoms with Gasteiger partial charge in [0.05, 0.1) is 30.3 Å². The number of alkyl halides is 3. The number of rotatable bonds is 7. The number of hydrogen-bond acceptors (Lipinski definition) is 7. The minimum absolute atomic E-state index is 0.0580. The van der Waals surface area contributed by atoms with E-state index >= 15 is 0 Å². The summed E-state index contributed by atoms with van der Waals surface area (Å²) in [7, 11) is 1.51. The molecule has 0 saturated carbocycles. The van der Waals surface area contributed by atoms with Gasteiger partial charge in [0.25, 0.3) is 5.91 Å². The van der Waals surface area contributed by atoms with Gasteiger partial charge in [0.1, 0.15) is 23.2 Å². The highest BCUT2D eigenvalue weighted by Crippen LogP contribution is 2.32. The molecule has 0 saturated heterocycles. The molecule has 2 aromatic carbocycles. The molecule has 0 unspecified atom stereocenters. The summed E-state index contributed by atoms with van der Waals surface area (Å²) < 4.78 is 50.0. The van der Waals surface area contributed by atoms with Crippen LogP contribution in [0, 0.1) is 19.8 Å².